The molecule has 1 aromatic heterocycles. The molecule has 2 rings (SSSR count). The average molecular weight is 239 g/mol. The van der Waals surface area contributed by atoms with Gasteiger partial charge >= 0.3 is 0 Å². The second-order valence-corrected chi connectivity index (χ2v) is 5.27. The lowest BCUT2D eigenvalue weighted by atomic mass is 10.3. The lowest BCUT2D eigenvalue weighted by molar-refractivity contribution is 0.707. The van der Waals surface area contributed by atoms with E-state index in [1.54, 1.807) is 11.3 Å². The van der Waals surface area contributed by atoms with Gasteiger partial charge in [0, 0.05) is 24.5 Å². The fraction of sp³-hybridized carbons (Fsp3) is 0.750. The van der Waals surface area contributed by atoms with Gasteiger partial charge in [-0.1, -0.05) is 13.3 Å². The van der Waals surface area contributed by atoms with E-state index < -0.39 is 0 Å². The van der Waals surface area contributed by atoms with Crippen LogP contribution in [0.2, 0.25) is 0 Å². The fourth-order valence-electron chi connectivity index (χ4n) is 1.84. The molecule has 0 aliphatic heterocycles. The van der Waals surface area contributed by atoms with Crippen molar-refractivity contribution >= 4 is 16.5 Å². The molecule has 0 saturated heterocycles. The van der Waals surface area contributed by atoms with Crippen LogP contribution >= 0.6 is 11.3 Å². The topological polar surface area (TPSA) is 28.2 Å². The Morgan fingerprint density at radius 3 is 3.00 bits per heavy atom. The average Bonchev–Trinajstić information content (AvgIpc) is 3.01. The van der Waals surface area contributed by atoms with E-state index in [4.69, 9.17) is 4.98 Å². The summed E-state index contributed by atoms with van der Waals surface area (Å²) in [5.74, 6) is 0. The lowest BCUT2D eigenvalue weighted by Crippen LogP contribution is -2.26. The van der Waals surface area contributed by atoms with E-state index in [9.17, 15) is 0 Å². The van der Waals surface area contributed by atoms with Gasteiger partial charge < -0.3 is 10.2 Å². The molecule has 0 atom stereocenters. The minimum Gasteiger partial charge on any atom is -0.345 e. The maximum atomic E-state index is 4.70. The van der Waals surface area contributed by atoms with E-state index in [2.05, 4.69) is 22.5 Å². The summed E-state index contributed by atoms with van der Waals surface area (Å²) in [5, 5.41) is 6.55. The summed E-state index contributed by atoms with van der Waals surface area (Å²) in [7, 11) is 1.97. The predicted octanol–water partition coefficient (Wildman–Crippen LogP) is 2.63. The Bertz CT molecular complexity index is 320. The highest BCUT2D eigenvalue weighted by atomic mass is 32.1. The summed E-state index contributed by atoms with van der Waals surface area (Å²) >= 11 is 1.79. The number of nitrogens with zero attached hydrogens (tertiary/aromatic N) is 2. The molecular weight excluding hydrogens is 218 g/mol. The van der Waals surface area contributed by atoms with Gasteiger partial charge in [0.05, 0.1) is 5.69 Å². The van der Waals surface area contributed by atoms with Crippen LogP contribution in [0.4, 0.5) is 5.13 Å². The predicted molar refractivity (Wildman–Crippen MR) is 70.2 cm³/mol. The molecule has 1 heterocycles. The molecule has 1 saturated carbocycles. The Labute approximate surface area is 102 Å². The van der Waals surface area contributed by atoms with Gasteiger partial charge in [0.25, 0.3) is 0 Å². The maximum Gasteiger partial charge on any atom is 0.185 e. The second kappa shape index (κ2) is 5.64. The summed E-state index contributed by atoms with van der Waals surface area (Å²) in [6, 6.07) is 0.778. The third-order valence-electron chi connectivity index (χ3n) is 2.88. The summed E-state index contributed by atoms with van der Waals surface area (Å²) < 4.78 is 0. The molecule has 90 valence electrons. The largest absolute Gasteiger partial charge is 0.345 e. The van der Waals surface area contributed by atoms with Crippen molar-refractivity contribution in [3.05, 3.63) is 11.1 Å². The molecule has 0 bridgehead atoms. The number of hydrogen-bond donors (Lipinski definition) is 1. The summed E-state index contributed by atoms with van der Waals surface area (Å²) in [5.41, 5.74) is 1.17. The van der Waals surface area contributed by atoms with Crippen LogP contribution in [0.25, 0.3) is 0 Å². The highest BCUT2D eigenvalue weighted by Gasteiger charge is 2.30. The minimum atomic E-state index is 0.778. The first-order valence-corrected chi connectivity index (χ1v) is 7.08. The SMILES string of the molecule is CCCCN(c1nc(CNC)cs1)C1CC1. The van der Waals surface area contributed by atoms with Gasteiger partial charge in [-0.3, -0.25) is 0 Å². The first-order valence-electron chi connectivity index (χ1n) is 6.20. The fourth-order valence-corrected chi connectivity index (χ4v) is 2.76. The van der Waals surface area contributed by atoms with Gasteiger partial charge in [0.1, 0.15) is 0 Å². The first-order chi connectivity index (χ1) is 7.85. The highest BCUT2D eigenvalue weighted by Crippen LogP contribution is 2.33. The Morgan fingerprint density at radius 1 is 1.56 bits per heavy atom. The smallest absolute Gasteiger partial charge is 0.185 e. The van der Waals surface area contributed by atoms with E-state index in [0.717, 1.165) is 12.6 Å². The second-order valence-electron chi connectivity index (χ2n) is 4.43. The van der Waals surface area contributed by atoms with Gasteiger partial charge in [-0.25, -0.2) is 4.98 Å². The Hall–Kier alpha value is -0.610. The zero-order valence-electron chi connectivity index (χ0n) is 10.2. The van der Waals surface area contributed by atoms with Crippen LogP contribution in [0.5, 0.6) is 0 Å². The molecule has 4 heteroatoms. The molecule has 1 fully saturated rings. The molecule has 1 aliphatic rings. The standard InChI is InChI=1S/C12H21N3S/c1-3-4-7-15(11-5-6-11)12-14-10(8-13-2)9-16-12/h9,11,13H,3-8H2,1-2H3. The Morgan fingerprint density at radius 2 is 2.38 bits per heavy atom. The van der Waals surface area contributed by atoms with Crippen molar-refractivity contribution in [3.63, 3.8) is 0 Å². The van der Waals surface area contributed by atoms with E-state index in [1.807, 2.05) is 7.05 Å². The van der Waals surface area contributed by atoms with E-state index >= 15 is 0 Å². The van der Waals surface area contributed by atoms with Crippen molar-refractivity contribution in [3.8, 4) is 0 Å². The molecule has 16 heavy (non-hydrogen) atoms. The Balaban J connectivity index is 1.99. The number of unbranched alkanes of at least 4 members (excludes halogenated alkanes) is 1. The molecule has 3 nitrogen and oxygen atoms in total. The quantitative estimate of drug-likeness (QED) is 0.793. The van der Waals surface area contributed by atoms with Crippen LogP contribution in [0, 0.1) is 0 Å². The van der Waals surface area contributed by atoms with E-state index in [-0.39, 0.29) is 0 Å². The van der Waals surface area contributed by atoms with Crippen LogP contribution in [-0.4, -0.2) is 24.6 Å². The number of aromatic nitrogens is 1. The zero-order valence-corrected chi connectivity index (χ0v) is 11.0. The van der Waals surface area contributed by atoms with Gasteiger partial charge in [-0.15, -0.1) is 11.3 Å². The first kappa shape index (κ1) is 11.9. The Kier molecular flexibility index (Phi) is 4.18. The minimum absolute atomic E-state index is 0.778. The van der Waals surface area contributed by atoms with E-state index in [1.165, 1.54) is 43.1 Å². The van der Waals surface area contributed by atoms with Gasteiger partial charge in [-0.05, 0) is 26.3 Å². The number of nitrogens with one attached hydrogen (secondary N) is 1. The highest BCUT2D eigenvalue weighted by molar-refractivity contribution is 7.13. The van der Waals surface area contributed by atoms with Gasteiger partial charge in [0.2, 0.25) is 0 Å². The van der Waals surface area contributed by atoms with Crippen molar-refractivity contribution < 1.29 is 0 Å². The number of anilines is 1. The molecule has 0 radical (unpaired) electrons. The molecule has 1 aromatic rings. The van der Waals surface area contributed by atoms with Crippen molar-refractivity contribution in [1.82, 2.24) is 10.3 Å². The monoisotopic (exact) mass is 239 g/mol. The number of thiazole rings is 1. The lowest BCUT2D eigenvalue weighted by Gasteiger charge is -2.20. The van der Waals surface area contributed by atoms with Crippen LogP contribution in [-0.2, 0) is 6.54 Å². The zero-order chi connectivity index (χ0) is 11.4. The van der Waals surface area contributed by atoms with E-state index in [0.29, 0.717) is 0 Å². The summed E-state index contributed by atoms with van der Waals surface area (Å²) in [6.07, 6.45) is 5.24. The molecule has 0 amide bonds. The number of rotatable bonds is 7. The third kappa shape index (κ3) is 2.95. The molecule has 0 unspecified atom stereocenters. The van der Waals surface area contributed by atoms with Crippen molar-refractivity contribution in [2.75, 3.05) is 18.5 Å². The van der Waals surface area contributed by atoms with Crippen molar-refractivity contribution in [2.45, 2.75) is 45.2 Å². The van der Waals surface area contributed by atoms with Crippen molar-refractivity contribution in [1.29, 1.82) is 0 Å². The van der Waals surface area contributed by atoms with Gasteiger partial charge in [-0.2, -0.15) is 0 Å². The molecule has 0 aromatic carbocycles. The molecule has 1 N–H and O–H groups in total. The molecule has 1 aliphatic carbocycles. The van der Waals surface area contributed by atoms with Crippen molar-refractivity contribution in [2.24, 2.45) is 0 Å². The van der Waals surface area contributed by atoms with Gasteiger partial charge in [0.15, 0.2) is 5.13 Å². The van der Waals surface area contributed by atoms with Crippen LogP contribution in [0.3, 0.4) is 0 Å². The summed E-state index contributed by atoms with van der Waals surface area (Å²) in [6.45, 7) is 4.30. The number of hydrogen-bond acceptors (Lipinski definition) is 4. The van der Waals surface area contributed by atoms with Crippen LogP contribution in [0.1, 0.15) is 38.3 Å². The molecular formula is C12H21N3S. The normalized spacial score (nSPS) is 15.4. The molecule has 0 spiro atoms. The summed E-state index contributed by atoms with van der Waals surface area (Å²) in [4.78, 5) is 7.20. The third-order valence-corrected chi connectivity index (χ3v) is 3.81. The van der Waals surface area contributed by atoms with Crippen LogP contribution in [0.15, 0.2) is 5.38 Å². The maximum absolute atomic E-state index is 4.70. The van der Waals surface area contributed by atoms with Crippen LogP contribution < -0.4 is 10.2 Å².